The number of aryl methyl sites for hydroxylation is 1. The number of hydrogen-bond acceptors (Lipinski definition) is 3. The molecule has 3 nitrogen and oxygen atoms in total. The average Bonchev–Trinajstić information content (AvgIpc) is 2.56. The molecule has 1 aromatic heterocycles. The molecule has 0 atom stereocenters. The van der Waals surface area contributed by atoms with E-state index in [1.807, 2.05) is 32.2 Å². The lowest BCUT2D eigenvalue weighted by Gasteiger charge is -2.14. The number of furan rings is 1. The zero-order valence-corrected chi connectivity index (χ0v) is 9.73. The van der Waals surface area contributed by atoms with Gasteiger partial charge in [-0.3, -0.25) is 4.90 Å². The Balaban J connectivity index is 2.32. The van der Waals surface area contributed by atoms with Crippen LogP contribution in [-0.2, 0) is 6.54 Å². The maximum atomic E-state index is 8.88. The standard InChI is InChI=1S/C13H17NO2/c1-10-12(9-14(2)7-8-15)11-5-3-4-6-13(11)16-10/h3-6,15H,7-9H2,1-2H3. The number of likely N-dealkylation sites (N-methyl/N-ethyl adjacent to an activating group) is 1. The van der Waals surface area contributed by atoms with E-state index < -0.39 is 0 Å². The maximum absolute atomic E-state index is 8.88. The Morgan fingerprint density at radius 2 is 2.06 bits per heavy atom. The van der Waals surface area contributed by atoms with Gasteiger partial charge in [0.2, 0.25) is 0 Å². The van der Waals surface area contributed by atoms with Crippen LogP contribution < -0.4 is 0 Å². The smallest absolute Gasteiger partial charge is 0.134 e. The van der Waals surface area contributed by atoms with E-state index in [1.54, 1.807) is 0 Å². The van der Waals surface area contributed by atoms with Gasteiger partial charge in [0.25, 0.3) is 0 Å². The SMILES string of the molecule is Cc1oc2ccccc2c1CN(C)CCO. The summed E-state index contributed by atoms with van der Waals surface area (Å²) in [7, 11) is 2.00. The van der Waals surface area contributed by atoms with Crippen molar-refractivity contribution >= 4 is 11.0 Å². The largest absolute Gasteiger partial charge is 0.461 e. The molecule has 1 aromatic carbocycles. The molecular weight excluding hydrogens is 202 g/mol. The van der Waals surface area contributed by atoms with Gasteiger partial charge in [0.05, 0.1) is 6.61 Å². The number of benzene rings is 1. The summed E-state index contributed by atoms with van der Waals surface area (Å²) in [6, 6.07) is 8.06. The predicted octanol–water partition coefficient (Wildman–Crippen LogP) is 2.17. The molecule has 0 aliphatic heterocycles. The normalized spacial score (nSPS) is 11.5. The Kier molecular flexibility index (Phi) is 3.27. The fourth-order valence-corrected chi connectivity index (χ4v) is 1.94. The molecule has 0 aliphatic carbocycles. The van der Waals surface area contributed by atoms with E-state index in [2.05, 4.69) is 11.0 Å². The van der Waals surface area contributed by atoms with Gasteiger partial charge in [-0.2, -0.15) is 0 Å². The second-order valence-corrected chi connectivity index (χ2v) is 4.09. The van der Waals surface area contributed by atoms with E-state index in [1.165, 1.54) is 10.9 Å². The Morgan fingerprint density at radius 3 is 2.81 bits per heavy atom. The van der Waals surface area contributed by atoms with E-state index >= 15 is 0 Å². The summed E-state index contributed by atoms with van der Waals surface area (Å²) in [6.07, 6.45) is 0. The molecule has 1 heterocycles. The van der Waals surface area contributed by atoms with Gasteiger partial charge < -0.3 is 9.52 Å². The van der Waals surface area contributed by atoms with Gasteiger partial charge in [-0.15, -0.1) is 0 Å². The third-order valence-electron chi connectivity index (χ3n) is 2.81. The zero-order valence-electron chi connectivity index (χ0n) is 9.73. The molecular formula is C13H17NO2. The quantitative estimate of drug-likeness (QED) is 0.856. The summed E-state index contributed by atoms with van der Waals surface area (Å²) in [6.45, 7) is 3.66. The van der Waals surface area contributed by atoms with Crippen LogP contribution in [0.3, 0.4) is 0 Å². The average molecular weight is 219 g/mol. The van der Waals surface area contributed by atoms with Crippen molar-refractivity contribution in [2.45, 2.75) is 13.5 Å². The molecule has 1 N–H and O–H groups in total. The highest BCUT2D eigenvalue weighted by Gasteiger charge is 2.11. The number of rotatable bonds is 4. The Labute approximate surface area is 95.3 Å². The first-order valence-corrected chi connectivity index (χ1v) is 5.49. The molecule has 0 fully saturated rings. The summed E-state index contributed by atoms with van der Waals surface area (Å²) in [4.78, 5) is 2.09. The van der Waals surface area contributed by atoms with Gasteiger partial charge in [0.1, 0.15) is 11.3 Å². The molecule has 86 valence electrons. The molecule has 2 aromatic rings. The Morgan fingerprint density at radius 1 is 1.31 bits per heavy atom. The van der Waals surface area contributed by atoms with E-state index in [-0.39, 0.29) is 6.61 Å². The molecule has 16 heavy (non-hydrogen) atoms. The molecule has 0 radical (unpaired) electrons. The Bertz CT molecular complexity index is 476. The second kappa shape index (κ2) is 4.68. The molecule has 0 saturated heterocycles. The van der Waals surface area contributed by atoms with Crippen LogP contribution in [0, 0.1) is 6.92 Å². The summed E-state index contributed by atoms with van der Waals surface area (Å²) in [5, 5.41) is 10.1. The monoisotopic (exact) mass is 219 g/mol. The number of hydrogen-bond donors (Lipinski definition) is 1. The van der Waals surface area contributed by atoms with Crippen LogP contribution in [0.1, 0.15) is 11.3 Å². The molecule has 0 spiro atoms. The molecule has 0 amide bonds. The van der Waals surface area contributed by atoms with Gasteiger partial charge >= 0.3 is 0 Å². The van der Waals surface area contributed by atoms with Crippen LogP contribution in [-0.4, -0.2) is 30.2 Å². The minimum Gasteiger partial charge on any atom is -0.461 e. The van der Waals surface area contributed by atoms with Crippen LogP contribution in [0.2, 0.25) is 0 Å². The molecule has 0 bridgehead atoms. The lowest BCUT2D eigenvalue weighted by Crippen LogP contribution is -2.21. The van der Waals surface area contributed by atoms with E-state index in [0.29, 0.717) is 6.54 Å². The lowest BCUT2D eigenvalue weighted by atomic mass is 10.1. The highest BCUT2D eigenvalue weighted by atomic mass is 16.3. The fourth-order valence-electron chi connectivity index (χ4n) is 1.94. The van der Waals surface area contributed by atoms with Gasteiger partial charge in [0, 0.05) is 24.0 Å². The minimum absolute atomic E-state index is 0.186. The summed E-state index contributed by atoms with van der Waals surface area (Å²) < 4.78 is 5.69. The minimum atomic E-state index is 0.186. The van der Waals surface area contributed by atoms with Gasteiger partial charge in [-0.05, 0) is 20.0 Å². The van der Waals surface area contributed by atoms with Gasteiger partial charge in [-0.1, -0.05) is 18.2 Å². The molecule has 0 unspecified atom stereocenters. The van der Waals surface area contributed by atoms with Crippen molar-refractivity contribution in [3.8, 4) is 0 Å². The van der Waals surface area contributed by atoms with Crippen LogP contribution >= 0.6 is 0 Å². The molecule has 0 aliphatic rings. The van der Waals surface area contributed by atoms with Crippen molar-refractivity contribution in [2.24, 2.45) is 0 Å². The highest BCUT2D eigenvalue weighted by Crippen LogP contribution is 2.25. The van der Waals surface area contributed by atoms with Crippen LogP contribution in [0.5, 0.6) is 0 Å². The summed E-state index contributed by atoms with van der Waals surface area (Å²) in [5.41, 5.74) is 2.15. The first kappa shape index (κ1) is 11.2. The number of aliphatic hydroxyl groups is 1. The van der Waals surface area contributed by atoms with Crippen molar-refractivity contribution in [3.63, 3.8) is 0 Å². The van der Waals surface area contributed by atoms with E-state index in [0.717, 1.165) is 17.9 Å². The highest BCUT2D eigenvalue weighted by molar-refractivity contribution is 5.82. The number of para-hydroxylation sites is 1. The number of aliphatic hydroxyl groups excluding tert-OH is 1. The van der Waals surface area contributed by atoms with Crippen LogP contribution in [0.15, 0.2) is 28.7 Å². The van der Waals surface area contributed by atoms with E-state index in [9.17, 15) is 0 Å². The summed E-state index contributed by atoms with van der Waals surface area (Å²) >= 11 is 0. The maximum Gasteiger partial charge on any atom is 0.134 e. The molecule has 0 saturated carbocycles. The molecule has 2 rings (SSSR count). The van der Waals surface area contributed by atoms with Crippen molar-refractivity contribution in [2.75, 3.05) is 20.2 Å². The predicted molar refractivity (Wildman–Crippen MR) is 64.4 cm³/mol. The van der Waals surface area contributed by atoms with Crippen LogP contribution in [0.25, 0.3) is 11.0 Å². The van der Waals surface area contributed by atoms with Crippen LogP contribution in [0.4, 0.5) is 0 Å². The fraction of sp³-hybridized carbons (Fsp3) is 0.385. The number of fused-ring (bicyclic) bond motifs is 1. The van der Waals surface area contributed by atoms with E-state index in [4.69, 9.17) is 9.52 Å². The lowest BCUT2D eigenvalue weighted by molar-refractivity contribution is 0.217. The van der Waals surface area contributed by atoms with Crippen molar-refractivity contribution in [1.29, 1.82) is 0 Å². The van der Waals surface area contributed by atoms with Crippen molar-refractivity contribution < 1.29 is 9.52 Å². The van der Waals surface area contributed by atoms with Gasteiger partial charge in [-0.25, -0.2) is 0 Å². The second-order valence-electron chi connectivity index (χ2n) is 4.09. The third kappa shape index (κ3) is 2.10. The third-order valence-corrected chi connectivity index (χ3v) is 2.81. The first-order valence-electron chi connectivity index (χ1n) is 5.49. The summed E-state index contributed by atoms with van der Waals surface area (Å²) in [5.74, 6) is 0.964. The Hall–Kier alpha value is -1.32. The molecule has 3 heteroatoms. The van der Waals surface area contributed by atoms with Crippen molar-refractivity contribution in [3.05, 3.63) is 35.6 Å². The number of nitrogens with zero attached hydrogens (tertiary/aromatic N) is 1. The topological polar surface area (TPSA) is 36.6 Å². The van der Waals surface area contributed by atoms with Gasteiger partial charge in [0.15, 0.2) is 0 Å². The van der Waals surface area contributed by atoms with Crippen molar-refractivity contribution in [1.82, 2.24) is 4.90 Å². The zero-order chi connectivity index (χ0) is 11.5. The first-order chi connectivity index (χ1) is 7.72.